The number of hydrazone groups is 1. The summed E-state index contributed by atoms with van der Waals surface area (Å²) in [6, 6.07) is 16.5. The van der Waals surface area contributed by atoms with Gasteiger partial charge >= 0.3 is 0 Å². The van der Waals surface area contributed by atoms with Gasteiger partial charge in [-0.1, -0.05) is 77.9 Å². The molecule has 0 atom stereocenters. The quantitative estimate of drug-likeness (QED) is 0.390. The van der Waals surface area contributed by atoms with Crippen molar-refractivity contribution in [3.63, 3.8) is 0 Å². The number of anilines is 1. The van der Waals surface area contributed by atoms with E-state index < -0.39 is 0 Å². The maximum Gasteiger partial charge on any atom is 0.201 e. The van der Waals surface area contributed by atoms with E-state index in [1.807, 2.05) is 12.1 Å². The molecule has 5 heteroatoms. The van der Waals surface area contributed by atoms with Gasteiger partial charge in [-0.15, -0.1) is 0 Å². The maximum atomic E-state index is 9.11. The Balaban J connectivity index is 2.54. The van der Waals surface area contributed by atoms with Gasteiger partial charge in [0.05, 0.1) is 5.69 Å². The number of nitriles is 1. The van der Waals surface area contributed by atoms with Crippen LogP contribution in [0.3, 0.4) is 0 Å². The minimum absolute atomic E-state index is 0.0343. The normalized spacial score (nSPS) is 12.4. The summed E-state index contributed by atoms with van der Waals surface area (Å²) in [5.74, 6) is -0.363. The molecule has 0 bridgehead atoms. The molecule has 0 saturated heterocycles. The van der Waals surface area contributed by atoms with E-state index in [2.05, 4.69) is 88.5 Å². The molecule has 2 aromatic carbocycles. The Labute approximate surface area is 167 Å². The van der Waals surface area contributed by atoms with Crippen LogP contribution in [0.1, 0.15) is 52.7 Å². The van der Waals surface area contributed by atoms with E-state index in [0.29, 0.717) is 0 Å². The van der Waals surface area contributed by atoms with Crippen molar-refractivity contribution in [2.24, 2.45) is 10.8 Å². The molecular weight excluding hydrogens is 346 g/mol. The first-order valence-electron chi connectivity index (χ1n) is 9.27. The molecule has 2 aromatic rings. The summed E-state index contributed by atoms with van der Waals surface area (Å²) in [7, 11) is 0. The van der Waals surface area contributed by atoms with Gasteiger partial charge in [0.25, 0.3) is 0 Å². The van der Waals surface area contributed by atoms with E-state index in [0.717, 1.165) is 22.4 Å². The standard InChI is InChI=1S/C23H29N5/c1-22(2,3)16-9-7-15(8-10-16)18-12-11-17(23(4,5)6)13-19(18)27-28-20(14-24)21(25)26/h7-13,27H,1-6H3,(H3,25,26)/b28-20+. The first kappa shape index (κ1) is 21.2. The predicted molar refractivity (Wildman–Crippen MR) is 118 cm³/mol. The molecule has 2 rings (SSSR count). The molecule has 0 aliphatic heterocycles. The van der Waals surface area contributed by atoms with Crippen molar-refractivity contribution in [2.75, 3.05) is 5.43 Å². The molecule has 0 saturated carbocycles. The molecular formula is C23H29N5. The fraction of sp³-hybridized carbons (Fsp3) is 0.348. The van der Waals surface area contributed by atoms with Crippen LogP contribution in [0.5, 0.6) is 0 Å². The molecule has 0 spiro atoms. The topological polar surface area (TPSA) is 98.0 Å². The molecule has 0 radical (unpaired) electrons. The number of rotatable bonds is 4. The molecule has 5 nitrogen and oxygen atoms in total. The highest BCUT2D eigenvalue weighted by atomic mass is 15.3. The molecule has 0 unspecified atom stereocenters. The molecule has 0 fully saturated rings. The molecule has 0 aliphatic carbocycles. The monoisotopic (exact) mass is 375 g/mol. The summed E-state index contributed by atoms with van der Waals surface area (Å²) >= 11 is 0. The minimum atomic E-state index is -0.363. The number of hydrogen-bond acceptors (Lipinski definition) is 4. The smallest absolute Gasteiger partial charge is 0.201 e. The Bertz CT molecular complexity index is 933. The lowest BCUT2D eigenvalue weighted by Gasteiger charge is -2.22. The van der Waals surface area contributed by atoms with Gasteiger partial charge in [-0.2, -0.15) is 10.4 Å². The summed E-state index contributed by atoms with van der Waals surface area (Å²) in [4.78, 5) is 0. The van der Waals surface area contributed by atoms with E-state index in [1.165, 1.54) is 5.56 Å². The molecule has 146 valence electrons. The van der Waals surface area contributed by atoms with Crippen molar-refractivity contribution in [3.8, 4) is 17.2 Å². The zero-order valence-electron chi connectivity index (χ0n) is 17.5. The van der Waals surface area contributed by atoms with Crippen molar-refractivity contribution in [1.82, 2.24) is 0 Å². The lowest BCUT2D eigenvalue weighted by atomic mass is 9.84. The van der Waals surface area contributed by atoms with E-state index in [1.54, 1.807) is 0 Å². The number of amidine groups is 1. The Morgan fingerprint density at radius 2 is 1.50 bits per heavy atom. The molecule has 0 amide bonds. The average molecular weight is 376 g/mol. The Morgan fingerprint density at radius 1 is 0.964 bits per heavy atom. The molecule has 0 heterocycles. The number of hydrogen-bond donors (Lipinski definition) is 3. The van der Waals surface area contributed by atoms with Crippen molar-refractivity contribution in [3.05, 3.63) is 53.6 Å². The van der Waals surface area contributed by atoms with E-state index in [9.17, 15) is 0 Å². The third-order valence-corrected chi connectivity index (χ3v) is 4.60. The van der Waals surface area contributed by atoms with Crippen molar-refractivity contribution in [2.45, 2.75) is 52.4 Å². The van der Waals surface area contributed by atoms with Gasteiger partial charge in [0.2, 0.25) is 5.71 Å². The Kier molecular flexibility index (Phi) is 5.94. The second-order valence-electron chi connectivity index (χ2n) is 8.94. The van der Waals surface area contributed by atoms with Crippen LogP contribution in [-0.2, 0) is 10.8 Å². The van der Waals surface area contributed by atoms with Gasteiger partial charge in [-0.05, 0) is 33.6 Å². The van der Waals surface area contributed by atoms with Crippen LogP contribution in [0, 0.1) is 16.7 Å². The van der Waals surface area contributed by atoms with Crippen LogP contribution in [0.2, 0.25) is 0 Å². The summed E-state index contributed by atoms with van der Waals surface area (Å²) < 4.78 is 0. The van der Waals surface area contributed by atoms with Crippen molar-refractivity contribution >= 4 is 17.2 Å². The number of benzene rings is 2. The zero-order chi connectivity index (χ0) is 21.1. The van der Waals surface area contributed by atoms with Crippen LogP contribution >= 0.6 is 0 Å². The van der Waals surface area contributed by atoms with Gasteiger partial charge in [0.15, 0.2) is 5.84 Å². The van der Waals surface area contributed by atoms with Crippen molar-refractivity contribution in [1.29, 1.82) is 10.7 Å². The van der Waals surface area contributed by atoms with Gasteiger partial charge in [-0.3, -0.25) is 10.8 Å². The predicted octanol–water partition coefficient (Wildman–Crippen LogP) is 5.18. The van der Waals surface area contributed by atoms with Gasteiger partial charge in [0.1, 0.15) is 6.07 Å². The van der Waals surface area contributed by atoms with Gasteiger partial charge in [0, 0.05) is 5.56 Å². The number of nitrogens with two attached hydrogens (primary N) is 1. The molecule has 0 aliphatic rings. The van der Waals surface area contributed by atoms with Crippen LogP contribution in [0.15, 0.2) is 47.6 Å². The van der Waals surface area contributed by atoms with Crippen molar-refractivity contribution < 1.29 is 0 Å². The first-order chi connectivity index (χ1) is 12.9. The second kappa shape index (κ2) is 7.85. The number of nitrogens with one attached hydrogen (secondary N) is 2. The van der Waals surface area contributed by atoms with E-state index in [4.69, 9.17) is 16.4 Å². The highest BCUT2D eigenvalue weighted by molar-refractivity contribution is 6.45. The highest BCUT2D eigenvalue weighted by Gasteiger charge is 2.17. The molecule has 4 N–H and O–H groups in total. The first-order valence-corrected chi connectivity index (χ1v) is 9.27. The fourth-order valence-corrected chi connectivity index (χ4v) is 2.77. The number of nitrogens with zero attached hydrogens (tertiary/aromatic N) is 2. The Morgan fingerprint density at radius 3 is 1.96 bits per heavy atom. The van der Waals surface area contributed by atoms with Crippen LogP contribution < -0.4 is 11.2 Å². The SMILES string of the molecule is CC(C)(C)c1ccc(-c2ccc(C(C)(C)C)cc2N/N=C(\C#N)C(=N)N)cc1. The third kappa shape index (κ3) is 4.98. The summed E-state index contributed by atoms with van der Waals surface area (Å²) in [6.07, 6.45) is 0. The van der Waals surface area contributed by atoms with E-state index >= 15 is 0 Å². The highest BCUT2D eigenvalue weighted by Crippen LogP contribution is 2.34. The van der Waals surface area contributed by atoms with Gasteiger partial charge < -0.3 is 5.73 Å². The molecule has 28 heavy (non-hydrogen) atoms. The fourth-order valence-electron chi connectivity index (χ4n) is 2.77. The lowest BCUT2D eigenvalue weighted by Crippen LogP contribution is -2.22. The summed E-state index contributed by atoms with van der Waals surface area (Å²) in [5, 5.41) is 20.6. The maximum absolute atomic E-state index is 9.11. The zero-order valence-corrected chi connectivity index (χ0v) is 17.5. The second-order valence-corrected chi connectivity index (χ2v) is 8.94. The average Bonchev–Trinajstić information content (AvgIpc) is 2.60. The largest absolute Gasteiger partial charge is 0.382 e. The van der Waals surface area contributed by atoms with Crippen LogP contribution in [0.25, 0.3) is 11.1 Å². The summed E-state index contributed by atoms with van der Waals surface area (Å²) in [5.41, 5.74) is 13.5. The molecule has 0 aromatic heterocycles. The lowest BCUT2D eigenvalue weighted by molar-refractivity contribution is 0.590. The summed E-state index contributed by atoms with van der Waals surface area (Å²) in [6.45, 7) is 13.0. The Hall–Kier alpha value is -3.13. The third-order valence-electron chi connectivity index (χ3n) is 4.60. The van der Waals surface area contributed by atoms with Crippen LogP contribution in [-0.4, -0.2) is 11.5 Å². The van der Waals surface area contributed by atoms with E-state index in [-0.39, 0.29) is 22.4 Å². The van der Waals surface area contributed by atoms with Crippen LogP contribution in [0.4, 0.5) is 5.69 Å². The van der Waals surface area contributed by atoms with Gasteiger partial charge in [-0.25, -0.2) is 0 Å². The minimum Gasteiger partial charge on any atom is -0.382 e.